The molecule has 0 aliphatic rings. The number of rotatable bonds is 5. The number of amides is 1. The van der Waals surface area contributed by atoms with Gasteiger partial charge in [-0.1, -0.05) is 13.8 Å². The zero-order valence-corrected chi connectivity index (χ0v) is 14.9. The first kappa shape index (κ1) is 19.7. The van der Waals surface area contributed by atoms with E-state index in [9.17, 15) is 10.1 Å². The van der Waals surface area contributed by atoms with Crippen molar-refractivity contribution in [2.45, 2.75) is 72.6 Å². The minimum absolute atomic E-state index is 0.327. The zero-order chi connectivity index (χ0) is 16.8. The van der Waals surface area contributed by atoms with Crippen LogP contribution < -0.4 is 0 Å². The second-order valence-corrected chi connectivity index (χ2v) is 7.13. The Balaban J connectivity index is 5.19. The van der Waals surface area contributed by atoms with Gasteiger partial charge in [0.1, 0.15) is 11.6 Å². The van der Waals surface area contributed by atoms with Gasteiger partial charge in [0.05, 0.1) is 12.6 Å². The molecule has 0 fully saturated rings. The van der Waals surface area contributed by atoms with E-state index in [1.54, 1.807) is 4.90 Å². The summed E-state index contributed by atoms with van der Waals surface area (Å²) in [5.41, 5.74) is -0.942. The van der Waals surface area contributed by atoms with Gasteiger partial charge in [-0.15, -0.1) is 0 Å². The normalized spacial score (nSPS) is 13.7. The van der Waals surface area contributed by atoms with Crippen molar-refractivity contribution in [2.24, 2.45) is 0 Å². The molecule has 21 heavy (non-hydrogen) atoms. The molecule has 0 heterocycles. The highest BCUT2D eigenvalue weighted by molar-refractivity contribution is 5.69. The van der Waals surface area contributed by atoms with E-state index in [0.717, 1.165) is 13.1 Å². The highest BCUT2D eigenvalue weighted by Gasteiger charge is 2.33. The van der Waals surface area contributed by atoms with Crippen LogP contribution in [-0.4, -0.2) is 52.7 Å². The zero-order valence-electron chi connectivity index (χ0n) is 14.9. The van der Waals surface area contributed by atoms with Crippen LogP contribution in [0.1, 0.15) is 55.4 Å². The van der Waals surface area contributed by atoms with Gasteiger partial charge in [-0.2, -0.15) is 5.26 Å². The van der Waals surface area contributed by atoms with Crippen LogP contribution >= 0.6 is 0 Å². The number of nitriles is 1. The summed E-state index contributed by atoms with van der Waals surface area (Å²) >= 11 is 0. The largest absolute Gasteiger partial charge is 0.444 e. The molecule has 122 valence electrons. The van der Waals surface area contributed by atoms with E-state index in [4.69, 9.17) is 4.74 Å². The van der Waals surface area contributed by atoms with Gasteiger partial charge in [-0.3, -0.25) is 4.90 Å². The van der Waals surface area contributed by atoms with Crippen molar-refractivity contribution in [3.63, 3.8) is 0 Å². The fraction of sp³-hybridized carbons (Fsp3) is 0.875. The first-order valence-corrected chi connectivity index (χ1v) is 7.60. The highest BCUT2D eigenvalue weighted by atomic mass is 16.6. The first-order valence-electron chi connectivity index (χ1n) is 7.60. The van der Waals surface area contributed by atoms with Crippen LogP contribution in [0.15, 0.2) is 0 Å². The topological polar surface area (TPSA) is 56.6 Å². The molecule has 0 aromatic heterocycles. The second kappa shape index (κ2) is 7.65. The van der Waals surface area contributed by atoms with Gasteiger partial charge >= 0.3 is 6.09 Å². The monoisotopic (exact) mass is 297 g/mol. The SMILES string of the molecule is CCN(CC)C(C#N)CN(C(=O)OC(C)(C)C)C(C)(C)C. The Bertz CT molecular complexity index is 370. The molecular formula is C16H31N3O2. The summed E-state index contributed by atoms with van der Waals surface area (Å²) in [6.07, 6.45) is -0.373. The summed E-state index contributed by atoms with van der Waals surface area (Å²) in [5, 5.41) is 9.42. The summed E-state index contributed by atoms with van der Waals surface area (Å²) in [7, 11) is 0. The third-order valence-corrected chi connectivity index (χ3v) is 3.18. The highest BCUT2D eigenvalue weighted by Crippen LogP contribution is 2.19. The number of nitrogens with zero attached hydrogens (tertiary/aromatic N) is 3. The van der Waals surface area contributed by atoms with Crippen molar-refractivity contribution < 1.29 is 9.53 Å². The Hall–Kier alpha value is -1.28. The number of carbonyl (C=O) groups excluding carboxylic acids is 1. The maximum absolute atomic E-state index is 12.4. The van der Waals surface area contributed by atoms with Crippen LogP contribution in [0.25, 0.3) is 0 Å². The molecule has 0 radical (unpaired) electrons. The van der Waals surface area contributed by atoms with Crippen LogP contribution in [0.2, 0.25) is 0 Å². The molecule has 1 unspecified atom stereocenters. The van der Waals surface area contributed by atoms with Gasteiger partial charge in [-0.25, -0.2) is 4.79 Å². The minimum Gasteiger partial charge on any atom is -0.444 e. The average Bonchev–Trinajstić information content (AvgIpc) is 2.30. The van der Waals surface area contributed by atoms with Gasteiger partial charge in [0, 0.05) is 5.54 Å². The summed E-state index contributed by atoms with van der Waals surface area (Å²) in [6.45, 7) is 17.3. The van der Waals surface area contributed by atoms with E-state index in [2.05, 4.69) is 6.07 Å². The Morgan fingerprint density at radius 3 is 1.90 bits per heavy atom. The lowest BCUT2D eigenvalue weighted by molar-refractivity contribution is 0.00109. The number of ether oxygens (including phenoxy) is 1. The van der Waals surface area contributed by atoms with Crippen molar-refractivity contribution in [3.05, 3.63) is 0 Å². The Morgan fingerprint density at radius 1 is 1.14 bits per heavy atom. The number of hydrogen-bond acceptors (Lipinski definition) is 4. The summed E-state index contributed by atoms with van der Waals surface area (Å²) in [5.74, 6) is 0. The number of hydrogen-bond donors (Lipinski definition) is 0. The molecule has 0 saturated heterocycles. The number of carbonyl (C=O) groups is 1. The molecule has 1 atom stereocenters. The van der Waals surface area contributed by atoms with E-state index in [1.165, 1.54) is 0 Å². The van der Waals surface area contributed by atoms with Crippen LogP contribution in [0.4, 0.5) is 4.79 Å². The van der Waals surface area contributed by atoms with Crippen molar-refractivity contribution in [1.29, 1.82) is 5.26 Å². The Kier molecular flexibility index (Phi) is 7.18. The fourth-order valence-electron chi connectivity index (χ4n) is 2.01. The van der Waals surface area contributed by atoms with E-state index in [0.29, 0.717) is 6.54 Å². The van der Waals surface area contributed by atoms with Gasteiger partial charge in [-0.05, 0) is 54.6 Å². The summed E-state index contributed by atoms with van der Waals surface area (Å²) in [4.78, 5) is 16.1. The Labute approximate surface area is 129 Å². The van der Waals surface area contributed by atoms with Crippen molar-refractivity contribution >= 4 is 6.09 Å². The maximum Gasteiger partial charge on any atom is 0.410 e. The smallest absolute Gasteiger partial charge is 0.410 e. The average molecular weight is 297 g/mol. The van der Waals surface area contributed by atoms with Crippen LogP contribution in [0.5, 0.6) is 0 Å². The summed E-state index contributed by atoms with van der Waals surface area (Å²) in [6, 6.07) is 1.97. The third-order valence-electron chi connectivity index (χ3n) is 3.18. The maximum atomic E-state index is 12.4. The van der Waals surface area contributed by atoms with E-state index in [1.807, 2.05) is 60.3 Å². The molecule has 0 N–H and O–H groups in total. The van der Waals surface area contributed by atoms with E-state index in [-0.39, 0.29) is 12.1 Å². The molecule has 0 aliphatic carbocycles. The van der Waals surface area contributed by atoms with Crippen LogP contribution in [0.3, 0.4) is 0 Å². The predicted molar refractivity (Wildman–Crippen MR) is 85.0 cm³/mol. The molecule has 5 heteroatoms. The lowest BCUT2D eigenvalue weighted by Crippen LogP contribution is -2.53. The molecule has 0 spiro atoms. The molecule has 1 amide bonds. The molecular weight excluding hydrogens is 266 g/mol. The standard InChI is InChI=1S/C16H31N3O2/c1-9-18(10-2)13(11-17)12-19(15(3,4)5)14(20)21-16(6,7)8/h13H,9-10,12H2,1-8H3. The van der Waals surface area contributed by atoms with Gasteiger partial charge in [0.2, 0.25) is 0 Å². The first-order chi connectivity index (χ1) is 9.46. The number of likely N-dealkylation sites (N-methyl/N-ethyl adjacent to an activating group) is 1. The molecule has 5 nitrogen and oxygen atoms in total. The molecule has 0 aliphatic heterocycles. The predicted octanol–water partition coefficient (Wildman–Crippen LogP) is 3.26. The quantitative estimate of drug-likeness (QED) is 0.781. The fourth-order valence-corrected chi connectivity index (χ4v) is 2.01. The summed E-state index contributed by atoms with van der Waals surface area (Å²) < 4.78 is 5.48. The van der Waals surface area contributed by atoms with Gasteiger partial charge in [0.25, 0.3) is 0 Å². The van der Waals surface area contributed by atoms with Gasteiger partial charge < -0.3 is 9.64 Å². The van der Waals surface area contributed by atoms with Crippen molar-refractivity contribution in [3.8, 4) is 6.07 Å². The second-order valence-electron chi connectivity index (χ2n) is 7.13. The van der Waals surface area contributed by atoms with E-state index >= 15 is 0 Å². The molecule has 0 aromatic carbocycles. The lowest BCUT2D eigenvalue weighted by Gasteiger charge is -2.39. The third kappa shape index (κ3) is 6.81. The van der Waals surface area contributed by atoms with Crippen LogP contribution in [-0.2, 0) is 4.74 Å². The molecule has 0 saturated carbocycles. The van der Waals surface area contributed by atoms with E-state index < -0.39 is 11.1 Å². The van der Waals surface area contributed by atoms with Crippen LogP contribution in [0, 0.1) is 11.3 Å². The van der Waals surface area contributed by atoms with Gasteiger partial charge in [0.15, 0.2) is 0 Å². The van der Waals surface area contributed by atoms with Crippen molar-refractivity contribution in [2.75, 3.05) is 19.6 Å². The minimum atomic E-state index is -0.544. The Morgan fingerprint density at radius 2 is 1.62 bits per heavy atom. The molecule has 0 rings (SSSR count). The van der Waals surface area contributed by atoms with Crippen molar-refractivity contribution in [1.82, 2.24) is 9.80 Å². The molecule has 0 aromatic rings. The molecule has 0 bridgehead atoms. The lowest BCUT2D eigenvalue weighted by atomic mass is 10.1.